The maximum atomic E-state index is 12.7. The van der Waals surface area contributed by atoms with Gasteiger partial charge >= 0.3 is 6.03 Å². The van der Waals surface area contributed by atoms with E-state index in [1.54, 1.807) is 13.0 Å². The van der Waals surface area contributed by atoms with Crippen molar-refractivity contribution in [1.82, 2.24) is 4.72 Å². The van der Waals surface area contributed by atoms with Gasteiger partial charge in [-0.2, -0.15) is 0 Å². The first-order valence-corrected chi connectivity index (χ1v) is 10.8. The van der Waals surface area contributed by atoms with Crippen LogP contribution in [0.3, 0.4) is 0 Å². The van der Waals surface area contributed by atoms with Crippen LogP contribution < -0.4 is 10.0 Å². The van der Waals surface area contributed by atoms with E-state index in [9.17, 15) is 13.2 Å². The van der Waals surface area contributed by atoms with Gasteiger partial charge in [-0.1, -0.05) is 63.2 Å². The van der Waals surface area contributed by atoms with Crippen molar-refractivity contribution in [1.29, 1.82) is 0 Å². The normalized spacial score (nSPS) is 12.3. The van der Waals surface area contributed by atoms with E-state index in [1.165, 1.54) is 18.2 Å². The highest BCUT2D eigenvalue weighted by Gasteiger charge is 2.21. The zero-order valence-corrected chi connectivity index (χ0v) is 18.0. The number of nitrogens with one attached hydrogen (secondary N) is 2. The summed E-state index contributed by atoms with van der Waals surface area (Å²) in [5.41, 5.74) is 3.19. The standard InChI is InChI=1S/C21H27N3O4S/c1-13(2)18-10-7-11-19(14(3)4)20(18)22-21(25)24-29(27,28)17-9-6-8-16(12-17)15(5)23-26/h6-14,26H,1-5H3,(H2,22,24,25). The lowest BCUT2D eigenvalue weighted by atomic mass is 9.93. The molecule has 0 heterocycles. The average molecular weight is 418 g/mol. The van der Waals surface area contributed by atoms with Crippen LogP contribution in [0.25, 0.3) is 0 Å². The molecule has 2 amide bonds. The van der Waals surface area contributed by atoms with Gasteiger partial charge in [0.05, 0.1) is 10.6 Å². The van der Waals surface area contributed by atoms with E-state index in [0.717, 1.165) is 11.1 Å². The number of para-hydroxylation sites is 1. The monoisotopic (exact) mass is 417 g/mol. The summed E-state index contributed by atoms with van der Waals surface area (Å²) in [5.74, 6) is 0.302. The number of sulfonamides is 1. The summed E-state index contributed by atoms with van der Waals surface area (Å²) in [6, 6.07) is 10.8. The molecule has 156 valence electrons. The van der Waals surface area contributed by atoms with Gasteiger partial charge < -0.3 is 10.5 Å². The van der Waals surface area contributed by atoms with Gasteiger partial charge in [0.2, 0.25) is 0 Å². The Morgan fingerprint density at radius 1 is 1.00 bits per heavy atom. The van der Waals surface area contributed by atoms with Crippen LogP contribution >= 0.6 is 0 Å². The van der Waals surface area contributed by atoms with Crippen molar-refractivity contribution < 1.29 is 18.4 Å². The van der Waals surface area contributed by atoms with E-state index < -0.39 is 16.1 Å². The number of carbonyl (C=O) groups is 1. The van der Waals surface area contributed by atoms with Crippen molar-refractivity contribution in [3.8, 4) is 0 Å². The topological polar surface area (TPSA) is 108 Å². The van der Waals surface area contributed by atoms with Gasteiger partial charge in [0, 0.05) is 11.3 Å². The Kier molecular flexibility index (Phi) is 7.02. The summed E-state index contributed by atoms with van der Waals surface area (Å²) in [7, 11) is -4.11. The quantitative estimate of drug-likeness (QED) is 0.361. The van der Waals surface area contributed by atoms with Crippen molar-refractivity contribution in [3.63, 3.8) is 0 Å². The van der Waals surface area contributed by atoms with Crippen LogP contribution in [0.15, 0.2) is 52.5 Å². The second kappa shape index (κ2) is 9.09. The van der Waals surface area contributed by atoms with Crippen LogP contribution in [0.2, 0.25) is 0 Å². The number of nitrogens with zero attached hydrogens (tertiary/aromatic N) is 1. The highest BCUT2D eigenvalue weighted by atomic mass is 32.2. The summed E-state index contributed by atoms with van der Waals surface area (Å²) in [6.07, 6.45) is 0. The lowest BCUT2D eigenvalue weighted by Crippen LogP contribution is -2.35. The van der Waals surface area contributed by atoms with E-state index in [1.807, 2.05) is 45.9 Å². The van der Waals surface area contributed by atoms with Gasteiger partial charge in [0.1, 0.15) is 0 Å². The molecule has 29 heavy (non-hydrogen) atoms. The number of benzene rings is 2. The maximum Gasteiger partial charge on any atom is 0.333 e. The molecule has 0 atom stereocenters. The fourth-order valence-electron chi connectivity index (χ4n) is 2.96. The van der Waals surface area contributed by atoms with E-state index in [-0.39, 0.29) is 22.4 Å². The van der Waals surface area contributed by atoms with Crippen LogP contribution in [0, 0.1) is 0 Å². The fourth-order valence-corrected chi connectivity index (χ4v) is 3.91. The maximum absolute atomic E-state index is 12.7. The fraction of sp³-hybridized carbons (Fsp3) is 0.333. The van der Waals surface area contributed by atoms with Gasteiger partial charge in [0.15, 0.2) is 0 Å². The zero-order valence-electron chi connectivity index (χ0n) is 17.2. The Balaban J connectivity index is 2.32. The molecule has 0 saturated carbocycles. The highest BCUT2D eigenvalue weighted by molar-refractivity contribution is 7.90. The number of hydrogen-bond donors (Lipinski definition) is 3. The number of amides is 2. The number of rotatable bonds is 6. The van der Waals surface area contributed by atoms with Crippen LogP contribution in [0.1, 0.15) is 63.1 Å². The lowest BCUT2D eigenvalue weighted by Gasteiger charge is -2.20. The van der Waals surface area contributed by atoms with Crippen molar-refractivity contribution in [2.24, 2.45) is 5.16 Å². The van der Waals surface area contributed by atoms with Gasteiger partial charge in [-0.05, 0) is 42.0 Å². The summed E-state index contributed by atoms with van der Waals surface area (Å²) in [4.78, 5) is 12.5. The molecule has 8 heteroatoms. The molecule has 7 nitrogen and oxygen atoms in total. The molecule has 2 aromatic carbocycles. The predicted molar refractivity (Wildman–Crippen MR) is 114 cm³/mol. The van der Waals surface area contributed by atoms with E-state index in [0.29, 0.717) is 11.3 Å². The van der Waals surface area contributed by atoms with Crippen LogP contribution in [-0.2, 0) is 10.0 Å². The first kappa shape index (κ1) is 22.4. The Morgan fingerprint density at radius 2 is 1.55 bits per heavy atom. The first-order valence-electron chi connectivity index (χ1n) is 9.32. The number of carbonyl (C=O) groups excluding carboxylic acids is 1. The van der Waals surface area contributed by atoms with E-state index in [4.69, 9.17) is 5.21 Å². The van der Waals surface area contributed by atoms with Gasteiger partial charge in [-0.15, -0.1) is 0 Å². The van der Waals surface area contributed by atoms with Gasteiger partial charge in [-0.3, -0.25) is 0 Å². The number of oxime groups is 1. The molecule has 3 N–H and O–H groups in total. The molecule has 0 fully saturated rings. The summed E-state index contributed by atoms with van der Waals surface area (Å²) >= 11 is 0. The Hall–Kier alpha value is -2.87. The van der Waals surface area contributed by atoms with Gasteiger partial charge in [0.25, 0.3) is 10.0 Å². The molecule has 0 aliphatic heterocycles. The minimum Gasteiger partial charge on any atom is -0.411 e. The lowest BCUT2D eigenvalue weighted by molar-refractivity contribution is 0.256. The third kappa shape index (κ3) is 5.35. The van der Waals surface area contributed by atoms with Gasteiger partial charge in [-0.25, -0.2) is 17.9 Å². The molecular weight excluding hydrogens is 390 g/mol. The minimum absolute atomic E-state index is 0.102. The molecule has 2 rings (SSSR count). The number of hydrogen-bond acceptors (Lipinski definition) is 5. The molecule has 0 unspecified atom stereocenters. The zero-order chi connectivity index (χ0) is 21.8. The molecule has 0 aliphatic carbocycles. The highest BCUT2D eigenvalue weighted by Crippen LogP contribution is 2.32. The number of urea groups is 1. The summed E-state index contributed by atoms with van der Waals surface area (Å²) in [5, 5.41) is 14.7. The third-order valence-electron chi connectivity index (χ3n) is 4.55. The molecule has 0 bridgehead atoms. The summed E-state index contributed by atoms with van der Waals surface area (Å²) in [6.45, 7) is 9.58. The smallest absolute Gasteiger partial charge is 0.333 e. The molecular formula is C21H27N3O4S. The van der Waals surface area contributed by atoms with Crippen molar-refractivity contribution in [2.75, 3.05) is 5.32 Å². The van der Waals surface area contributed by atoms with Crippen molar-refractivity contribution >= 4 is 27.5 Å². The molecule has 2 aromatic rings. The van der Waals surface area contributed by atoms with Crippen LogP contribution in [-0.4, -0.2) is 25.4 Å². The molecule has 0 saturated heterocycles. The van der Waals surface area contributed by atoms with Crippen molar-refractivity contribution in [2.45, 2.75) is 51.3 Å². The van der Waals surface area contributed by atoms with Crippen molar-refractivity contribution in [3.05, 3.63) is 59.2 Å². The largest absolute Gasteiger partial charge is 0.411 e. The van der Waals surface area contributed by atoms with Crippen LogP contribution in [0.5, 0.6) is 0 Å². The molecule has 0 spiro atoms. The summed E-state index contributed by atoms with van der Waals surface area (Å²) < 4.78 is 27.4. The molecule has 0 aromatic heterocycles. The second-order valence-electron chi connectivity index (χ2n) is 7.39. The SMILES string of the molecule is CC(=NO)c1cccc(S(=O)(=O)NC(=O)Nc2c(C(C)C)cccc2C(C)C)c1. The minimum atomic E-state index is -4.11. The number of anilines is 1. The molecule has 0 radical (unpaired) electrons. The average Bonchev–Trinajstić information content (AvgIpc) is 2.66. The third-order valence-corrected chi connectivity index (χ3v) is 5.88. The van der Waals surface area contributed by atoms with E-state index in [2.05, 4.69) is 15.2 Å². The van der Waals surface area contributed by atoms with Crippen LogP contribution in [0.4, 0.5) is 10.5 Å². The second-order valence-corrected chi connectivity index (χ2v) is 9.08. The first-order chi connectivity index (χ1) is 13.6. The Labute approximate surface area is 171 Å². The van der Waals surface area contributed by atoms with E-state index >= 15 is 0 Å². The predicted octanol–water partition coefficient (Wildman–Crippen LogP) is 4.64. The molecule has 0 aliphatic rings. The Morgan fingerprint density at radius 3 is 2.07 bits per heavy atom. The Bertz CT molecular complexity index is 1000.